The van der Waals surface area contributed by atoms with Crippen LogP contribution in [-0.2, 0) is 12.8 Å². The lowest BCUT2D eigenvalue weighted by Gasteiger charge is -2.09. The summed E-state index contributed by atoms with van der Waals surface area (Å²) < 4.78 is 0. The third-order valence-corrected chi connectivity index (χ3v) is 2.99. The van der Waals surface area contributed by atoms with Crippen molar-refractivity contribution in [3.63, 3.8) is 0 Å². The highest BCUT2D eigenvalue weighted by atomic mass is 32.2. The summed E-state index contributed by atoms with van der Waals surface area (Å²) in [4.78, 5) is 9.02. The van der Waals surface area contributed by atoms with Crippen LogP contribution >= 0.6 is 11.8 Å². The van der Waals surface area contributed by atoms with Gasteiger partial charge in [-0.3, -0.25) is 0 Å². The maximum absolute atomic E-state index is 4.53. The number of aryl methyl sites for hydroxylation is 1. The van der Waals surface area contributed by atoms with E-state index in [1.54, 1.807) is 11.8 Å². The Balaban J connectivity index is 2.41. The number of nitrogens with zero attached hydrogens (tertiary/aromatic N) is 2. The van der Waals surface area contributed by atoms with Crippen LogP contribution < -0.4 is 5.32 Å². The van der Waals surface area contributed by atoms with Crippen molar-refractivity contribution < 1.29 is 0 Å². The van der Waals surface area contributed by atoms with E-state index in [-0.39, 0.29) is 0 Å². The zero-order valence-corrected chi connectivity index (χ0v) is 9.45. The largest absolute Gasteiger partial charge is 0.370 e. The summed E-state index contributed by atoms with van der Waals surface area (Å²) in [5, 5.41) is 4.21. The van der Waals surface area contributed by atoms with Gasteiger partial charge < -0.3 is 5.32 Å². The molecule has 0 aliphatic heterocycles. The Labute approximate surface area is 88.7 Å². The first-order chi connectivity index (χ1) is 6.85. The molecule has 1 aliphatic carbocycles. The Morgan fingerprint density at radius 3 is 2.93 bits per heavy atom. The molecular weight excluding hydrogens is 194 g/mol. The molecule has 1 aliphatic rings. The first kappa shape index (κ1) is 9.77. The monoisotopic (exact) mass is 209 g/mol. The van der Waals surface area contributed by atoms with Gasteiger partial charge in [0.25, 0.3) is 0 Å². The molecule has 14 heavy (non-hydrogen) atoms. The van der Waals surface area contributed by atoms with E-state index in [4.69, 9.17) is 0 Å². The van der Waals surface area contributed by atoms with Gasteiger partial charge in [0.15, 0.2) is 5.16 Å². The second kappa shape index (κ2) is 4.17. The predicted molar refractivity (Wildman–Crippen MR) is 60.0 cm³/mol. The van der Waals surface area contributed by atoms with Crippen molar-refractivity contribution in [3.8, 4) is 0 Å². The lowest BCUT2D eigenvalue weighted by molar-refractivity contribution is 0.877. The number of thioether (sulfide) groups is 1. The van der Waals surface area contributed by atoms with Gasteiger partial charge in [0, 0.05) is 12.1 Å². The van der Waals surface area contributed by atoms with Crippen molar-refractivity contribution in [2.24, 2.45) is 0 Å². The van der Waals surface area contributed by atoms with Crippen LogP contribution in [0.5, 0.6) is 0 Å². The van der Waals surface area contributed by atoms with E-state index in [1.807, 2.05) is 6.26 Å². The van der Waals surface area contributed by atoms with Gasteiger partial charge in [-0.25, -0.2) is 9.97 Å². The van der Waals surface area contributed by atoms with Crippen LogP contribution in [0.3, 0.4) is 0 Å². The lowest BCUT2D eigenvalue weighted by atomic mass is 10.2. The molecule has 0 atom stereocenters. The summed E-state index contributed by atoms with van der Waals surface area (Å²) in [5.74, 6) is 1.05. The zero-order chi connectivity index (χ0) is 9.97. The number of aromatic nitrogens is 2. The number of fused-ring (bicyclic) bond motifs is 1. The summed E-state index contributed by atoms with van der Waals surface area (Å²) in [5.41, 5.74) is 2.59. The van der Waals surface area contributed by atoms with Crippen LogP contribution in [0.1, 0.15) is 24.6 Å². The third kappa shape index (κ3) is 1.71. The van der Waals surface area contributed by atoms with Gasteiger partial charge in [-0.05, 0) is 32.4 Å². The molecule has 0 amide bonds. The van der Waals surface area contributed by atoms with Gasteiger partial charge in [0.1, 0.15) is 5.82 Å². The van der Waals surface area contributed by atoms with Crippen molar-refractivity contribution >= 4 is 17.6 Å². The molecule has 0 saturated carbocycles. The summed E-state index contributed by atoms with van der Waals surface area (Å²) in [7, 11) is 0. The Kier molecular flexibility index (Phi) is 2.91. The van der Waals surface area contributed by atoms with Gasteiger partial charge in [-0.1, -0.05) is 11.8 Å². The lowest BCUT2D eigenvalue weighted by Crippen LogP contribution is -2.06. The molecule has 0 bridgehead atoms. The molecule has 1 N–H and O–H groups in total. The van der Waals surface area contributed by atoms with Crippen LogP contribution in [0.15, 0.2) is 5.16 Å². The summed E-state index contributed by atoms with van der Waals surface area (Å²) in [6.45, 7) is 3.03. The molecule has 76 valence electrons. The topological polar surface area (TPSA) is 37.8 Å². The number of hydrogen-bond donors (Lipinski definition) is 1. The minimum absolute atomic E-state index is 0.890. The molecule has 4 heteroatoms. The van der Waals surface area contributed by atoms with E-state index >= 15 is 0 Å². The molecule has 3 nitrogen and oxygen atoms in total. The molecule has 2 rings (SSSR count). The number of rotatable bonds is 3. The van der Waals surface area contributed by atoms with E-state index in [2.05, 4.69) is 22.2 Å². The molecule has 1 aromatic heterocycles. The Bertz CT molecular complexity index is 338. The normalized spacial score (nSPS) is 14.1. The van der Waals surface area contributed by atoms with Crippen LogP contribution in [0.4, 0.5) is 5.82 Å². The summed E-state index contributed by atoms with van der Waals surface area (Å²) >= 11 is 1.61. The minimum atomic E-state index is 0.890. The van der Waals surface area contributed by atoms with Gasteiger partial charge >= 0.3 is 0 Å². The average molecular weight is 209 g/mol. The Morgan fingerprint density at radius 2 is 2.21 bits per heavy atom. The summed E-state index contributed by atoms with van der Waals surface area (Å²) in [6, 6.07) is 0. The molecule has 1 heterocycles. The van der Waals surface area contributed by atoms with Crippen LogP contribution in [0, 0.1) is 0 Å². The molecular formula is C10H15N3S. The first-order valence-corrected chi connectivity index (χ1v) is 6.25. The number of anilines is 1. The predicted octanol–water partition coefficient (Wildman–Crippen LogP) is 2.12. The van der Waals surface area contributed by atoms with Gasteiger partial charge in [-0.2, -0.15) is 0 Å². The van der Waals surface area contributed by atoms with Gasteiger partial charge in [0.2, 0.25) is 0 Å². The van der Waals surface area contributed by atoms with E-state index < -0.39 is 0 Å². The zero-order valence-electron chi connectivity index (χ0n) is 8.63. The summed E-state index contributed by atoms with van der Waals surface area (Å²) in [6.07, 6.45) is 5.49. The number of nitrogens with one attached hydrogen (secondary N) is 1. The van der Waals surface area contributed by atoms with Gasteiger partial charge in [-0.15, -0.1) is 0 Å². The molecule has 0 saturated heterocycles. The maximum atomic E-state index is 4.53. The van der Waals surface area contributed by atoms with Crippen molar-refractivity contribution in [1.29, 1.82) is 0 Å². The smallest absolute Gasteiger partial charge is 0.189 e. The Morgan fingerprint density at radius 1 is 1.36 bits per heavy atom. The van der Waals surface area contributed by atoms with Crippen LogP contribution in [-0.4, -0.2) is 22.8 Å². The quantitative estimate of drug-likeness (QED) is 0.611. The molecule has 0 fully saturated rings. The second-order valence-corrected chi connectivity index (χ2v) is 4.14. The van der Waals surface area contributed by atoms with E-state index in [9.17, 15) is 0 Å². The fourth-order valence-corrected chi connectivity index (χ4v) is 2.20. The highest BCUT2D eigenvalue weighted by Crippen LogP contribution is 2.27. The fraction of sp³-hybridized carbons (Fsp3) is 0.600. The first-order valence-electron chi connectivity index (χ1n) is 5.02. The third-order valence-electron chi connectivity index (χ3n) is 2.44. The number of hydrogen-bond acceptors (Lipinski definition) is 4. The van der Waals surface area contributed by atoms with Crippen molar-refractivity contribution in [3.05, 3.63) is 11.3 Å². The second-order valence-electron chi connectivity index (χ2n) is 3.37. The molecule has 0 aromatic carbocycles. The highest BCUT2D eigenvalue weighted by Gasteiger charge is 2.18. The molecule has 1 aromatic rings. The van der Waals surface area contributed by atoms with E-state index in [0.29, 0.717) is 0 Å². The standard InChI is InChI=1S/C10H15N3S/c1-3-11-9-7-5-4-6-8(7)12-10(13-9)14-2/h3-6H2,1-2H3,(H,11,12,13). The van der Waals surface area contributed by atoms with Crippen molar-refractivity contribution in [2.45, 2.75) is 31.3 Å². The van der Waals surface area contributed by atoms with Crippen molar-refractivity contribution in [2.75, 3.05) is 18.1 Å². The van der Waals surface area contributed by atoms with Crippen LogP contribution in [0.25, 0.3) is 0 Å². The van der Waals surface area contributed by atoms with Crippen molar-refractivity contribution in [1.82, 2.24) is 9.97 Å². The molecule has 0 spiro atoms. The van der Waals surface area contributed by atoms with Gasteiger partial charge in [0.05, 0.1) is 5.69 Å². The highest BCUT2D eigenvalue weighted by molar-refractivity contribution is 7.98. The SMILES string of the molecule is CCNc1nc(SC)nc2c1CCC2. The maximum Gasteiger partial charge on any atom is 0.189 e. The van der Waals surface area contributed by atoms with E-state index in [0.717, 1.165) is 30.4 Å². The Hall–Kier alpha value is -0.770. The minimum Gasteiger partial charge on any atom is -0.370 e. The molecule has 0 unspecified atom stereocenters. The average Bonchev–Trinajstić information content (AvgIpc) is 2.66. The fourth-order valence-electron chi connectivity index (χ4n) is 1.81. The van der Waals surface area contributed by atoms with Crippen LogP contribution in [0.2, 0.25) is 0 Å². The molecule has 0 radical (unpaired) electrons. The van der Waals surface area contributed by atoms with E-state index in [1.165, 1.54) is 17.7 Å².